The van der Waals surface area contributed by atoms with E-state index in [0.717, 1.165) is 17.1 Å². The predicted octanol–water partition coefficient (Wildman–Crippen LogP) is 5.35. The summed E-state index contributed by atoms with van der Waals surface area (Å²) >= 11 is 0. The summed E-state index contributed by atoms with van der Waals surface area (Å²) in [5, 5.41) is 27.5. The third-order valence-corrected chi connectivity index (χ3v) is 4.36. The summed E-state index contributed by atoms with van der Waals surface area (Å²) in [6.07, 6.45) is 1.27. The maximum absolute atomic E-state index is 11.8. The molecule has 0 aliphatic carbocycles. The molecule has 2 heterocycles. The van der Waals surface area contributed by atoms with Crippen molar-refractivity contribution in [1.82, 2.24) is 19.7 Å². The fourth-order valence-corrected chi connectivity index (χ4v) is 2.99. The smallest absolute Gasteiger partial charge is 0.334 e. The largest absolute Gasteiger partial charge is 0.355 e. The highest BCUT2D eigenvalue weighted by molar-refractivity contribution is 5.70. The van der Waals surface area contributed by atoms with Crippen molar-refractivity contribution in [1.29, 1.82) is 0 Å². The van der Waals surface area contributed by atoms with Gasteiger partial charge in [0.25, 0.3) is 0 Å². The van der Waals surface area contributed by atoms with Gasteiger partial charge in [0.05, 0.1) is 22.0 Å². The van der Waals surface area contributed by atoms with E-state index >= 15 is 0 Å². The number of rotatable bonds is 6. The predicted molar refractivity (Wildman–Crippen MR) is 116 cm³/mol. The molecule has 154 valence electrons. The Morgan fingerprint density at radius 1 is 0.968 bits per heavy atom. The summed E-state index contributed by atoms with van der Waals surface area (Å²) in [5.41, 5.74) is 3.22. The van der Waals surface area contributed by atoms with Gasteiger partial charge in [-0.05, 0) is 56.3 Å². The zero-order valence-electron chi connectivity index (χ0n) is 16.8. The summed E-state index contributed by atoms with van der Waals surface area (Å²) in [7, 11) is 0. The zero-order valence-corrected chi connectivity index (χ0v) is 16.8. The number of aromatic nitrogens is 4. The van der Waals surface area contributed by atoms with Gasteiger partial charge in [-0.2, -0.15) is 15.3 Å². The number of hydrogen-bond acceptors (Lipinski definition) is 8. The Balaban J connectivity index is 1.61. The molecule has 1 N–H and O–H groups in total. The van der Waals surface area contributed by atoms with Crippen molar-refractivity contribution in [3.05, 3.63) is 88.5 Å². The fourth-order valence-electron chi connectivity index (χ4n) is 2.99. The molecule has 0 amide bonds. The first-order valence-corrected chi connectivity index (χ1v) is 9.38. The van der Waals surface area contributed by atoms with E-state index in [9.17, 15) is 10.1 Å². The molecule has 0 radical (unpaired) electrons. The third-order valence-electron chi connectivity index (χ3n) is 4.36. The lowest BCUT2D eigenvalue weighted by Gasteiger charge is -2.09. The summed E-state index contributed by atoms with van der Waals surface area (Å²) in [5.74, 6) is 0.169. The van der Waals surface area contributed by atoms with Crippen molar-refractivity contribution in [3.8, 4) is 5.82 Å². The number of nitrogens with zero attached hydrogens (tertiary/aromatic N) is 7. The van der Waals surface area contributed by atoms with Crippen LogP contribution in [0.25, 0.3) is 5.82 Å². The minimum absolute atomic E-state index is 0.0706. The molecule has 2 aromatic carbocycles. The van der Waals surface area contributed by atoms with Gasteiger partial charge in [0.1, 0.15) is 6.33 Å². The lowest BCUT2D eigenvalue weighted by molar-refractivity contribution is -0.384. The Morgan fingerprint density at radius 2 is 1.65 bits per heavy atom. The molecule has 4 rings (SSSR count). The standard InChI is InChI=1S/C21H18N8O2/c1-14-12-15(2)28(27-14)21-19(29(30)31)20(22-13-23-21)24-16-8-10-18(11-9-16)26-25-17-6-4-3-5-7-17/h3-13H,1-2H3,(H,22,23,24). The molecular weight excluding hydrogens is 396 g/mol. The highest BCUT2D eigenvalue weighted by Gasteiger charge is 2.26. The van der Waals surface area contributed by atoms with Crippen LogP contribution in [0, 0.1) is 24.0 Å². The van der Waals surface area contributed by atoms with Crippen LogP contribution < -0.4 is 5.32 Å². The van der Waals surface area contributed by atoms with Crippen molar-refractivity contribution in [2.24, 2.45) is 10.2 Å². The Hall–Kier alpha value is -4.47. The van der Waals surface area contributed by atoms with E-state index in [4.69, 9.17) is 0 Å². The fraction of sp³-hybridized carbons (Fsp3) is 0.0952. The van der Waals surface area contributed by atoms with Crippen LogP contribution in [-0.2, 0) is 0 Å². The van der Waals surface area contributed by atoms with E-state index in [0.29, 0.717) is 11.4 Å². The minimum atomic E-state index is -0.517. The number of nitro groups is 1. The maximum Gasteiger partial charge on any atom is 0.355 e. The molecule has 31 heavy (non-hydrogen) atoms. The van der Waals surface area contributed by atoms with Gasteiger partial charge in [0, 0.05) is 11.4 Å². The van der Waals surface area contributed by atoms with Gasteiger partial charge >= 0.3 is 5.69 Å². The van der Waals surface area contributed by atoms with Crippen LogP contribution in [0.4, 0.5) is 28.6 Å². The summed E-state index contributed by atoms with van der Waals surface area (Å²) in [6, 6.07) is 18.2. The Kier molecular flexibility index (Phi) is 5.43. The lowest BCUT2D eigenvalue weighted by atomic mass is 10.3. The van der Waals surface area contributed by atoms with Gasteiger partial charge in [-0.25, -0.2) is 14.6 Å². The molecule has 10 heteroatoms. The minimum Gasteiger partial charge on any atom is -0.334 e. The molecular formula is C21H18N8O2. The molecule has 10 nitrogen and oxygen atoms in total. The molecule has 0 fully saturated rings. The van der Waals surface area contributed by atoms with Gasteiger partial charge in [-0.3, -0.25) is 10.1 Å². The molecule has 0 saturated carbocycles. The van der Waals surface area contributed by atoms with E-state index in [2.05, 4.69) is 30.6 Å². The molecule has 0 aliphatic heterocycles. The van der Waals surface area contributed by atoms with Gasteiger partial charge in [-0.1, -0.05) is 18.2 Å². The average molecular weight is 414 g/mol. The molecule has 0 unspecified atom stereocenters. The molecule has 4 aromatic rings. The summed E-state index contributed by atoms with van der Waals surface area (Å²) in [4.78, 5) is 19.5. The van der Waals surface area contributed by atoms with Crippen molar-refractivity contribution < 1.29 is 4.92 Å². The van der Waals surface area contributed by atoms with E-state index in [1.165, 1.54) is 11.0 Å². The maximum atomic E-state index is 11.8. The van der Waals surface area contributed by atoms with Crippen LogP contribution >= 0.6 is 0 Å². The van der Waals surface area contributed by atoms with Gasteiger partial charge < -0.3 is 5.32 Å². The van der Waals surface area contributed by atoms with Gasteiger partial charge in [0.2, 0.25) is 11.6 Å². The first kappa shape index (κ1) is 19.8. The Bertz CT molecular complexity index is 1250. The number of benzene rings is 2. The Morgan fingerprint density at radius 3 is 2.26 bits per heavy atom. The SMILES string of the molecule is Cc1cc(C)n(-c2ncnc(Nc3ccc(N=Nc4ccccc4)cc3)c2[N+](=O)[O-])n1. The number of nitrogens with one attached hydrogen (secondary N) is 1. The second kappa shape index (κ2) is 8.49. The van der Waals surface area contributed by atoms with Crippen LogP contribution in [0.1, 0.15) is 11.4 Å². The van der Waals surface area contributed by atoms with Gasteiger partial charge in [0.15, 0.2) is 0 Å². The molecule has 0 bridgehead atoms. The normalized spacial score (nSPS) is 11.0. The van der Waals surface area contributed by atoms with Crippen molar-refractivity contribution >= 4 is 28.6 Å². The lowest BCUT2D eigenvalue weighted by Crippen LogP contribution is -2.09. The van der Waals surface area contributed by atoms with Crippen LogP contribution in [-0.4, -0.2) is 24.7 Å². The number of anilines is 2. The second-order valence-corrected chi connectivity index (χ2v) is 6.70. The third kappa shape index (κ3) is 4.42. The van der Waals surface area contributed by atoms with Crippen LogP contribution in [0.3, 0.4) is 0 Å². The quantitative estimate of drug-likeness (QED) is 0.258. The van der Waals surface area contributed by atoms with Crippen molar-refractivity contribution in [3.63, 3.8) is 0 Å². The van der Waals surface area contributed by atoms with Crippen LogP contribution in [0.2, 0.25) is 0 Å². The molecule has 0 saturated heterocycles. The van der Waals surface area contributed by atoms with E-state index in [-0.39, 0.29) is 17.3 Å². The first-order valence-electron chi connectivity index (χ1n) is 9.38. The topological polar surface area (TPSA) is 123 Å². The average Bonchev–Trinajstić information content (AvgIpc) is 3.11. The number of aryl methyl sites for hydroxylation is 2. The molecule has 2 aromatic heterocycles. The number of azo groups is 1. The number of hydrogen-bond donors (Lipinski definition) is 1. The van der Waals surface area contributed by atoms with E-state index in [1.807, 2.05) is 50.2 Å². The summed E-state index contributed by atoms with van der Waals surface area (Å²) < 4.78 is 1.44. The highest BCUT2D eigenvalue weighted by atomic mass is 16.6. The van der Waals surface area contributed by atoms with Crippen molar-refractivity contribution in [2.45, 2.75) is 13.8 Å². The van der Waals surface area contributed by atoms with E-state index in [1.54, 1.807) is 24.3 Å². The van der Waals surface area contributed by atoms with Crippen LogP contribution in [0.15, 0.2) is 77.2 Å². The second-order valence-electron chi connectivity index (χ2n) is 6.70. The molecule has 0 spiro atoms. The van der Waals surface area contributed by atoms with E-state index < -0.39 is 4.92 Å². The molecule has 0 atom stereocenters. The van der Waals surface area contributed by atoms with Crippen molar-refractivity contribution in [2.75, 3.05) is 5.32 Å². The monoisotopic (exact) mass is 414 g/mol. The first-order chi connectivity index (χ1) is 15.0. The Labute approximate surface area is 177 Å². The zero-order chi connectivity index (χ0) is 21.8. The van der Waals surface area contributed by atoms with Gasteiger partial charge in [-0.15, -0.1) is 0 Å². The van der Waals surface area contributed by atoms with Crippen LogP contribution in [0.5, 0.6) is 0 Å². The highest BCUT2D eigenvalue weighted by Crippen LogP contribution is 2.31. The molecule has 0 aliphatic rings. The summed E-state index contributed by atoms with van der Waals surface area (Å²) in [6.45, 7) is 3.62.